The Balaban J connectivity index is 1.44. The van der Waals surface area contributed by atoms with Gasteiger partial charge in [-0.15, -0.1) is 0 Å². The second kappa shape index (κ2) is 7.92. The minimum Gasteiger partial charge on any atom is -0.307 e. The molecule has 9 rings (SSSR count). The molecule has 8 aromatic rings. The summed E-state index contributed by atoms with van der Waals surface area (Å²) in [5.41, 5.74) is 12.8. The van der Waals surface area contributed by atoms with Gasteiger partial charge in [0.25, 0.3) is 0 Å². The van der Waals surface area contributed by atoms with Gasteiger partial charge in [0.2, 0.25) is 0 Å². The molecule has 0 spiro atoms. The second-order valence-corrected chi connectivity index (χ2v) is 11.5. The molecule has 41 heavy (non-hydrogen) atoms. The summed E-state index contributed by atoms with van der Waals surface area (Å²) in [5, 5.41) is 3.39. The van der Waals surface area contributed by atoms with E-state index in [4.69, 9.17) is 9.97 Å². The highest BCUT2D eigenvalue weighted by atomic mass is 15.1. The van der Waals surface area contributed by atoms with E-state index in [0.717, 1.165) is 49.9 Å². The van der Waals surface area contributed by atoms with E-state index in [1.165, 1.54) is 27.6 Å². The van der Waals surface area contributed by atoms with Crippen molar-refractivity contribution in [2.24, 2.45) is 0 Å². The maximum atomic E-state index is 5.10. The topological polar surface area (TPSA) is 35.6 Å². The number of para-hydroxylation sites is 2. The Morgan fingerprint density at radius 1 is 0.585 bits per heavy atom. The molecule has 1 aliphatic carbocycles. The van der Waals surface area contributed by atoms with E-state index in [9.17, 15) is 0 Å². The number of hydrogen-bond donors (Lipinski definition) is 0. The SMILES string of the molecule is CC1(C)c2ccccc2-c2ccc(-n3c4cccnc4c4cnc5c(c6ccccc6n5-c5ccccc5)c43)cc21. The maximum Gasteiger partial charge on any atom is 0.147 e. The summed E-state index contributed by atoms with van der Waals surface area (Å²) in [6.45, 7) is 4.68. The van der Waals surface area contributed by atoms with Crippen molar-refractivity contribution in [2.45, 2.75) is 19.3 Å². The fourth-order valence-corrected chi connectivity index (χ4v) is 7.15. The van der Waals surface area contributed by atoms with Crippen LogP contribution in [0.4, 0.5) is 0 Å². The number of aromatic nitrogens is 4. The molecule has 4 heteroatoms. The Hall–Kier alpha value is -5.22. The standard InChI is InChI=1S/C37H26N4/c1-37(2)29-15-8-6-13-25(29)26-19-18-24(21-30(26)37)40-32-17-10-20-38-34(32)28-22-39-36-33(35(28)40)27-14-7-9-16-31(27)41(36)23-11-4-3-5-12-23/h3-22H,1-2H3. The zero-order valence-electron chi connectivity index (χ0n) is 22.8. The lowest BCUT2D eigenvalue weighted by Gasteiger charge is -2.22. The first kappa shape index (κ1) is 22.6. The summed E-state index contributed by atoms with van der Waals surface area (Å²) < 4.78 is 4.69. The molecular formula is C37H26N4. The quantitative estimate of drug-likeness (QED) is 0.225. The van der Waals surface area contributed by atoms with Crippen molar-refractivity contribution < 1.29 is 0 Å². The Bertz CT molecular complexity index is 2340. The Kier molecular flexibility index (Phi) is 4.36. The molecule has 0 saturated carbocycles. The number of fused-ring (bicyclic) bond motifs is 10. The van der Waals surface area contributed by atoms with Gasteiger partial charge in [-0.05, 0) is 64.7 Å². The second-order valence-electron chi connectivity index (χ2n) is 11.5. The van der Waals surface area contributed by atoms with Crippen LogP contribution in [0, 0.1) is 0 Å². The molecule has 0 saturated heterocycles. The lowest BCUT2D eigenvalue weighted by molar-refractivity contribution is 0.660. The Labute approximate surface area is 237 Å². The molecule has 4 aromatic carbocycles. The van der Waals surface area contributed by atoms with E-state index in [2.05, 4.69) is 126 Å². The van der Waals surface area contributed by atoms with Crippen LogP contribution < -0.4 is 0 Å². The summed E-state index contributed by atoms with van der Waals surface area (Å²) in [5.74, 6) is 0. The van der Waals surface area contributed by atoms with Gasteiger partial charge in [-0.1, -0.05) is 80.6 Å². The van der Waals surface area contributed by atoms with E-state index in [-0.39, 0.29) is 5.41 Å². The average Bonchev–Trinajstić information content (AvgIpc) is 3.61. The molecule has 4 heterocycles. The third kappa shape index (κ3) is 2.89. The van der Waals surface area contributed by atoms with E-state index < -0.39 is 0 Å². The van der Waals surface area contributed by atoms with Crippen molar-refractivity contribution in [1.29, 1.82) is 0 Å². The van der Waals surface area contributed by atoms with Crippen LogP contribution in [0.25, 0.3) is 66.4 Å². The number of benzene rings is 4. The summed E-state index contributed by atoms with van der Waals surface area (Å²) in [4.78, 5) is 9.97. The third-order valence-electron chi connectivity index (χ3n) is 9.00. The van der Waals surface area contributed by atoms with Crippen LogP contribution in [0.15, 0.2) is 122 Å². The van der Waals surface area contributed by atoms with E-state index in [0.29, 0.717) is 0 Å². The van der Waals surface area contributed by atoms with Crippen molar-refractivity contribution in [3.63, 3.8) is 0 Å². The van der Waals surface area contributed by atoms with Gasteiger partial charge >= 0.3 is 0 Å². The van der Waals surface area contributed by atoms with Gasteiger partial charge in [0.15, 0.2) is 0 Å². The molecule has 4 nitrogen and oxygen atoms in total. The van der Waals surface area contributed by atoms with Crippen LogP contribution in [0.3, 0.4) is 0 Å². The van der Waals surface area contributed by atoms with Crippen LogP contribution in [-0.4, -0.2) is 19.1 Å². The van der Waals surface area contributed by atoms with Gasteiger partial charge in [-0.2, -0.15) is 0 Å². The van der Waals surface area contributed by atoms with Crippen molar-refractivity contribution in [2.75, 3.05) is 0 Å². The zero-order chi connectivity index (χ0) is 27.3. The summed E-state index contributed by atoms with van der Waals surface area (Å²) in [6, 6.07) is 39.1. The molecule has 194 valence electrons. The molecule has 0 unspecified atom stereocenters. The highest BCUT2D eigenvalue weighted by Crippen LogP contribution is 2.49. The first-order chi connectivity index (χ1) is 20.1. The molecule has 0 N–H and O–H groups in total. The number of pyridine rings is 2. The minimum atomic E-state index is -0.0842. The Morgan fingerprint density at radius 2 is 1.34 bits per heavy atom. The van der Waals surface area contributed by atoms with Crippen LogP contribution >= 0.6 is 0 Å². The van der Waals surface area contributed by atoms with Crippen LogP contribution in [0.1, 0.15) is 25.0 Å². The van der Waals surface area contributed by atoms with E-state index >= 15 is 0 Å². The van der Waals surface area contributed by atoms with E-state index in [1.807, 2.05) is 18.5 Å². The predicted molar refractivity (Wildman–Crippen MR) is 168 cm³/mol. The molecule has 0 aliphatic heterocycles. The number of nitrogens with zero attached hydrogens (tertiary/aromatic N) is 4. The fourth-order valence-electron chi connectivity index (χ4n) is 7.15. The molecule has 0 amide bonds. The van der Waals surface area contributed by atoms with Gasteiger partial charge in [-0.25, -0.2) is 4.98 Å². The lowest BCUT2D eigenvalue weighted by Crippen LogP contribution is -2.15. The summed E-state index contributed by atoms with van der Waals surface area (Å²) in [6.07, 6.45) is 3.89. The molecular weight excluding hydrogens is 500 g/mol. The van der Waals surface area contributed by atoms with Gasteiger partial charge < -0.3 is 4.57 Å². The van der Waals surface area contributed by atoms with Crippen LogP contribution in [0.2, 0.25) is 0 Å². The van der Waals surface area contributed by atoms with Gasteiger partial charge in [0, 0.05) is 40.0 Å². The predicted octanol–water partition coefficient (Wildman–Crippen LogP) is 8.98. The minimum absolute atomic E-state index is 0.0842. The number of hydrogen-bond acceptors (Lipinski definition) is 2. The Morgan fingerprint density at radius 3 is 2.24 bits per heavy atom. The maximum absolute atomic E-state index is 5.10. The van der Waals surface area contributed by atoms with Crippen molar-refractivity contribution in [3.05, 3.63) is 133 Å². The molecule has 0 atom stereocenters. The highest BCUT2D eigenvalue weighted by Gasteiger charge is 2.35. The first-order valence-corrected chi connectivity index (χ1v) is 14.1. The first-order valence-electron chi connectivity index (χ1n) is 14.1. The normalized spacial score (nSPS) is 13.8. The van der Waals surface area contributed by atoms with Gasteiger partial charge in [0.1, 0.15) is 5.65 Å². The smallest absolute Gasteiger partial charge is 0.147 e. The molecule has 0 radical (unpaired) electrons. The molecule has 1 aliphatic rings. The van der Waals surface area contributed by atoms with Crippen LogP contribution in [-0.2, 0) is 5.41 Å². The lowest BCUT2D eigenvalue weighted by atomic mass is 9.82. The molecule has 0 fully saturated rings. The largest absolute Gasteiger partial charge is 0.307 e. The molecule has 0 bridgehead atoms. The average molecular weight is 527 g/mol. The monoisotopic (exact) mass is 526 g/mol. The van der Waals surface area contributed by atoms with Gasteiger partial charge in [-0.3, -0.25) is 9.55 Å². The summed E-state index contributed by atoms with van der Waals surface area (Å²) >= 11 is 0. The van der Waals surface area contributed by atoms with Gasteiger partial charge in [0.05, 0.1) is 27.5 Å². The fraction of sp³-hybridized carbons (Fsp3) is 0.0811. The zero-order valence-corrected chi connectivity index (χ0v) is 22.8. The summed E-state index contributed by atoms with van der Waals surface area (Å²) in [7, 11) is 0. The van der Waals surface area contributed by atoms with Crippen molar-refractivity contribution in [1.82, 2.24) is 19.1 Å². The highest BCUT2D eigenvalue weighted by molar-refractivity contribution is 6.24. The van der Waals surface area contributed by atoms with Crippen molar-refractivity contribution in [3.8, 4) is 22.5 Å². The number of rotatable bonds is 2. The molecule has 4 aromatic heterocycles. The van der Waals surface area contributed by atoms with Crippen LogP contribution in [0.5, 0.6) is 0 Å². The van der Waals surface area contributed by atoms with E-state index in [1.54, 1.807) is 0 Å². The third-order valence-corrected chi connectivity index (χ3v) is 9.00. The van der Waals surface area contributed by atoms with Crippen molar-refractivity contribution >= 4 is 43.9 Å².